The summed E-state index contributed by atoms with van der Waals surface area (Å²) >= 11 is 8.79. The maximum absolute atomic E-state index is 12.4. The van der Waals surface area contributed by atoms with Crippen LogP contribution in [0.3, 0.4) is 0 Å². The number of carbonyl (C=O) groups is 2. The van der Waals surface area contributed by atoms with Crippen LogP contribution in [0.25, 0.3) is 10.6 Å². The van der Waals surface area contributed by atoms with E-state index in [2.05, 4.69) is 26.0 Å². The Labute approximate surface area is 197 Å². The standard InChI is InChI=1S/C21H17ClN6O2S2/c1-28-12-23-27-21(28)32-10-13-2-4-14(5-3-13)18(29)25-26-19(30)17-11-31-20(24-17)15-6-8-16(22)9-7-15/h2-9,11-12H,10H2,1H3,(H,25,29)(H,26,30). The van der Waals surface area contributed by atoms with Gasteiger partial charge in [0.15, 0.2) is 5.16 Å². The highest BCUT2D eigenvalue weighted by molar-refractivity contribution is 7.98. The molecule has 0 radical (unpaired) electrons. The molecular formula is C21H17ClN6O2S2. The molecule has 4 aromatic rings. The smallest absolute Gasteiger partial charge is 0.289 e. The zero-order valence-electron chi connectivity index (χ0n) is 16.8. The van der Waals surface area contributed by atoms with Gasteiger partial charge in [-0.1, -0.05) is 47.6 Å². The molecule has 0 saturated carbocycles. The van der Waals surface area contributed by atoms with E-state index < -0.39 is 11.8 Å². The first-order valence-electron chi connectivity index (χ1n) is 9.37. The van der Waals surface area contributed by atoms with Crippen LogP contribution in [0.1, 0.15) is 26.4 Å². The van der Waals surface area contributed by atoms with Crippen molar-refractivity contribution in [1.29, 1.82) is 0 Å². The molecule has 0 fully saturated rings. The molecule has 2 N–H and O–H groups in total. The third kappa shape index (κ3) is 5.34. The predicted octanol–water partition coefficient (Wildman–Crippen LogP) is 3.96. The van der Waals surface area contributed by atoms with Crippen molar-refractivity contribution >= 4 is 46.5 Å². The normalized spacial score (nSPS) is 10.7. The fourth-order valence-electron chi connectivity index (χ4n) is 2.66. The number of benzene rings is 2. The van der Waals surface area contributed by atoms with Gasteiger partial charge in [0.25, 0.3) is 11.8 Å². The van der Waals surface area contributed by atoms with Gasteiger partial charge in [0.2, 0.25) is 0 Å². The molecule has 0 aliphatic carbocycles. The Bertz CT molecular complexity index is 1240. The summed E-state index contributed by atoms with van der Waals surface area (Å²) in [6.07, 6.45) is 1.65. The third-order valence-corrected chi connectivity index (χ3v) is 6.62. The monoisotopic (exact) mass is 484 g/mol. The minimum Gasteiger partial charge on any atom is -0.312 e. The SMILES string of the molecule is Cn1cnnc1SCc1ccc(C(=O)NNC(=O)c2csc(-c3ccc(Cl)cc3)n2)cc1. The number of nitrogens with zero attached hydrogens (tertiary/aromatic N) is 4. The van der Waals surface area contributed by atoms with Crippen molar-refractivity contribution in [2.24, 2.45) is 7.05 Å². The van der Waals surface area contributed by atoms with Crippen LogP contribution >= 0.6 is 34.7 Å². The topological polar surface area (TPSA) is 102 Å². The summed E-state index contributed by atoms with van der Waals surface area (Å²) in [4.78, 5) is 29.0. The van der Waals surface area contributed by atoms with Crippen molar-refractivity contribution in [2.75, 3.05) is 0 Å². The van der Waals surface area contributed by atoms with E-state index >= 15 is 0 Å². The molecule has 0 saturated heterocycles. The Morgan fingerprint density at radius 2 is 1.78 bits per heavy atom. The fraction of sp³-hybridized carbons (Fsp3) is 0.0952. The third-order valence-electron chi connectivity index (χ3n) is 4.37. The Kier molecular flexibility index (Phi) is 6.84. The number of amides is 2. The van der Waals surface area contributed by atoms with Crippen LogP contribution in [0.2, 0.25) is 5.02 Å². The Balaban J connectivity index is 1.30. The molecule has 4 rings (SSSR count). The van der Waals surface area contributed by atoms with Crippen molar-refractivity contribution < 1.29 is 9.59 Å². The lowest BCUT2D eigenvalue weighted by molar-refractivity contribution is 0.0844. The van der Waals surface area contributed by atoms with E-state index in [-0.39, 0.29) is 5.69 Å². The molecule has 2 amide bonds. The quantitative estimate of drug-likeness (QED) is 0.317. The van der Waals surface area contributed by atoms with Gasteiger partial charge >= 0.3 is 0 Å². The zero-order valence-corrected chi connectivity index (χ0v) is 19.2. The van der Waals surface area contributed by atoms with E-state index in [1.807, 2.05) is 35.9 Å². The molecule has 0 atom stereocenters. The highest BCUT2D eigenvalue weighted by Gasteiger charge is 2.14. The van der Waals surface area contributed by atoms with Crippen LogP contribution < -0.4 is 10.9 Å². The second-order valence-corrected chi connectivity index (χ2v) is 8.90. The van der Waals surface area contributed by atoms with Crippen LogP contribution in [-0.2, 0) is 12.8 Å². The molecular weight excluding hydrogens is 468 g/mol. The van der Waals surface area contributed by atoms with Crippen LogP contribution in [-0.4, -0.2) is 31.6 Å². The number of rotatable bonds is 6. The average molecular weight is 485 g/mol. The Morgan fingerprint density at radius 3 is 2.47 bits per heavy atom. The minimum atomic E-state index is -0.494. The number of carbonyl (C=O) groups excluding carboxylic acids is 2. The lowest BCUT2D eigenvalue weighted by Gasteiger charge is -2.07. The highest BCUT2D eigenvalue weighted by Crippen LogP contribution is 2.25. The molecule has 2 aromatic heterocycles. The first-order chi connectivity index (χ1) is 15.5. The van der Waals surface area contributed by atoms with E-state index in [1.165, 1.54) is 11.3 Å². The lowest BCUT2D eigenvalue weighted by Crippen LogP contribution is -2.41. The summed E-state index contributed by atoms with van der Waals surface area (Å²) in [7, 11) is 1.88. The van der Waals surface area contributed by atoms with E-state index in [9.17, 15) is 9.59 Å². The summed E-state index contributed by atoms with van der Waals surface area (Å²) in [6, 6.07) is 14.3. The van der Waals surface area contributed by atoms with E-state index in [1.54, 1.807) is 47.7 Å². The molecule has 32 heavy (non-hydrogen) atoms. The number of hydrogen-bond acceptors (Lipinski definition) is 7. The number of thiazole rings is 1. The molecule has 8 nitrogen and oxygen atoms in total. The van der Waals surface area contributed by atoms with Gasteiger partial charge in [0.05, 0.1) is 0 Å². The number of halogens is 1. The van der Waals surface area contributed by atoms with Gasteiger partial charge in [-0.2, -0.15) is 0 Å². The van der Waals surface area contributed by atoms with Crippen molar-refractivity contribution in [3.05, 3.63) is 82.1 Å². The van der Waals surface area contributed by atoms with Gasteiger partial charge in [0.1, 0.15) is 17.0 Å². The number of aryl methyl sites for hydroxylation is 1. The Hall–Kier alpha value is -3.21. The minimum absolute atomic E-state index is 0.219. The average Bonchev–Trinajstić information content (AvgIpc) is 3.46. The molecule has 2 heterocycles. The van der Waals surface area contributed by atoms with Gasteiger partial charge in [-0.3, -0.25) is 20.4 Å². The number of nitrogens with one attached hydrogen (secondary N) is 2. The summed E-state index contributed by atoms with van der Waals surface area (Å²) in [6.45, 7) is 0. The van der Waals surface area contributed by atoms with Crippen LogP contribution in [0.15, 0.2) is 65.4 Å². The molecule has 0 unspecified atom stereocenters. The number of hydrogen-bond donors (Lipinski definition) is 2. The van der Waals surface area contributed by atoms with E-state index in [0.29, 0.717) is 21.3 Å². The van der Waals surface area contributed by atoms with Gasteiger partial charge in [-0.15, -0.1) is 21.5 Å². The van der Waals surface area contributed by atoms with Crippen molar-refractivity contribution in [2.45, 2.75) is 10.9 Å². The maximum atomic E-state index is 12.4. The van der Waals surface area contributed by atoms with Crippen molar-refractivity contribution in [1.82, 2.24) is 30.6 Å². The maximum Gasteiger partial charge on any atom is 0.289 e. The predicted molar refractivity (Wildman–Crippen MR) is 124 cm³/mol. The fourth-order valence-corrected chi connectivity index (χ4v) is 4.43. The van der Waals surface area contributed by atoms with Crippen LogP contribution in [0.5, 0.6) is 0 Å². The van der Waals surface area contributed by atoms with Gasteiger partial charge < -0.3 is 4.57 Å². The molecule has 11 heteroatoms. The summed E-state index contributed by atoms with van der Waals surface area (Å²) in [5.41, 5.74) is 7.36. The second kappa shape index (κ2) is 9.94. The number of hydrazine groups is 1. The first kappa shape index (κ1) is 22.0. The summed E-state index contributed by atoms with van der Waals surface area (Å²) < 4.78 is 1.84. The summed E-state index contributed by atoms with van der Waals surface area (Å²) in [5.74, 6) is -0.212. The van der Waals surface area contributed by atoms with Crippen molar-refractivity contribution in [3.8, 4) is 10.6 Å². The van der Waals surface area contributed by atoms with Crippen molar-refractivity contribution in [3.63, 3.8) is 0 Å². The van der Waals surface area contributed by atoms with Crippen LogP contribution in [0, 0.1) is 0 Å². The molecule has 162 valence electrons. The first-order valence-corrected chi connectivity index (χ1v) is 11.6. The zero-order chi connectivity index (χ0) is 22.5. The van der Waals surface area contributed by atoms with E-state index in [4.69, 9.17) is 11.6 Å². The molecule has 0 bridgehead atoms. The Morgan fingerprint density at radius 1 is 1.06 bits per heavy atom. The van der Waals surface area contributed by atoms with Gasteiger partial charge in [-0.05, 0) is 29.8 Å². The molecule has 0 aliphatic rings. The van der Waals surface area contributed by atoms with E-state index in [0.717, 1.165) is 16.3 Å². The van der Waals surface area contributed by atoms with Gasteiger partial charge in [-0.25, -0.2) is 4.98 Å². The van der Waals surface area contributed by atoms with Gasteiger partial charge in [0, 0.05) is 34.3 Å². The lowest BCUT2D eigenvalue weighted by atomic mass is 10.1. The number of thioether (sulfide) groups is 1. The second-order valence-electron chi connectivity index (χ2n) is 6.66. The molecule has 0 spiro atoms. The highest BCUT2D eigenvalue weighted by atomic mass is 35.5. The van der Waals surface area contributed by atoms with Crippen LogP contribution in [0.4, 0.5) is 0 Å². The molecule has 0 aliphatic heterocycles. The number of aromatic nitrogens is 4. The largest absolute Gasteiger partial charge is 0.312 e. The molecule has 2 aromatic carbocycles. The summed E-state index contributed by atoms with van der Waals surface area (Å²) in [5, 5.41) is 11.6.